The second-order valence-electron chi connectivity index (χ2n) is 5.55. The predicted octanol–water partition coefficient (Wildman–Crippen LogP) is 2.58. The number of nitrogens with one attached hydrogen (secondary N) is 1. The van der Waals surface area contributed by atoms with E-state index in [-0.39, 0.29) is 0 Å². The van der Waals surface area contributed by atoms with E-state index < -0.39 is 0 Å². The first kappa shape index (κ1) is 13.6. The van der Waals surface area contributed by atoms with Crippen LogP contribution in [0.4, 0.5) is 0 Å². The zero-order valence-electron chi connectivity index (χ0n) is 12.1. The lowest BCUT2D eigenvalue weighted by Crippen LogP contribution is -2.28. The van der Waals surface area contributed by atoms with E-state index in [1.807, 2.05) is 6.20 Å². The molecule has 3 rings (SSSR count). The molecule has 1 aliphatic heterocycles. The Hall–Kier alpha value is -1.39. The van der Waals surface area contributed by atoms with Crippen molar-refractivity contribution in [3.63, 3.8) is 0 Å². The summed E-state index contributed by atoms with van der Waals surface area (Å²) < 4.78 is 8.18. The summed E-state index contributed by atoms with van der Waals surface area (Å²) in [7, 11) is 0. The molecule has 1 saturated heterocycles. The fraction of sp³-hybridized carbons (Fsp3) is 0.562. The Kier molecular flexibility index (Phi) is 4.33. The fourth-order valence-corrected chi connectivity index (χ4v) is 2.87. The van der Waals surface area contributed by atoms with Crippen LogP contribution in [-0.2, 0) is 11.3 Å². The number of rotatable bonds is 6. The molecule has 0 bridgehead atoms. The molecule has 0 saturated carbocycles. The van der Waals surface area contributed by atoms with Gasteiger partial charge in [-0.3, -0.25) is 4.68 Å². The number of hydrogen-bond donors (Lipinski definition) is 1. The summed E-state index contributed by atoms with van der Waals surface area (Å²) in [6.07, 6.45) is 6.06. The molecular formula is C16H23N3O. The third-order valence-electron chi connectivity index (χ3n) is 3.92. The van der Waals surface area contributed by atoms with E-state index in [9.17, 15) is 0 Å². The minimum absolute atomic E-state index is 0.298. The highest BCUT2D eigenvalue weighted by molar-refractivity contribution is 5.78. The maximum absolute atomic E-state index is 6.11. The standard InChI is InChI=1S/C16H23N3O/c1-2-9-17-11-14-7-8-15(20-14)12-19-16-6-4-3-5-13(16)10-18-19/h3-6,10,14-15,17H,2,7-9,11-12H2,1H3. The van der Waals surface area contributed by atoms with Gasteiger partial charge >= 0.3 is 0 Å². The van der Waals surface area contributed by atoms with E-state index >= 15 is 0 Å². The highest BCUT2D eigenvalue weighted by Gasteiger charge is 2.25. The molecule has 2 aromatic rings. The number of benzene rings is 1. The molecule has 0 amide bonds. The molecule has 2 heterocycles. The predicted molar refractivity (Wildman–Crippen MR) is 80.8 cm³/mol. The van der Waals surface area contributed by atoms with Crippen molar-refractivity contribution in [1.29, 1.82) is 0 Å². The Balaban J connectivity index is 1.56. The second-order valence-corrected chi connectivity index (χ2v) is 5.55. The van der Waals surface area contributed by atoms with Crippen LogP contribution in [0, 0.1) is 0 Å². The Morgan fingerprint density at radius 3 is 3.05 bits per heavy atom. The van der Waals surface area contributed by atoms with Gasteiger partial charge in [-0.25, -0.2) is 0 Å². The van der Waals surface area contributed by atoms with Gasteiger partial charge in [0.1, 0.15) is 0 Å². The molecule has 1 aromatic heterocycles. The van der Waals surface area contributed by atoms with Crippen molar-refractivity contribution in [2.24, 2.45) is 0 Å². The Morgan fingerprint density at radius 1 is 1.30 bits per heavy atom. The van der Waals surface area contributed by atoms with Crippen LogP contribution < -0.4 is 5.32 Å². The summed E-state index contributed by atoms with van der Waals surface area (Å²) in [4.78, 5) is 0. The zero-order valence-corrected chi connectivity index (χ0v) is 12.1. The van der Waals surface area contributed by atoms with Crippen LogP contribution >= 0.6 is 0 Å². The average Bonchev–Trinajstić information content (AvgIpc) is 3.08. The first-order chi connectivity index (χ1) is 9.86. The van der Waals surface area contributed by atoms with Gasteiger partial charge in [0.2, 0.25) is 0 Å². The topological polar surface area (TPSA) is 39.1 Å². The number of ether oxygens (including phenoxy) is 1. The van der Waals surface area contributed by atoms with E-state index in [4.69, 9.17) is 4.74 Å². The lowest BCUT2D eigenvalue weighted by Gasteiger charge is -2.14. The maximum atomic E-state index is 6.11. The average molecular weight is 273 g/mol. The SMILES string of the molecule is CCCNCC1CCC(Cn2ncc3ccccc32)O1. The number of nitrogens with zero attached hydrogens (tertiary/aromatic N) is 2. The third kappa shape index (κ3) is 3.02. The lowest BCUT2D eigenvalue weighted by molar-refractivity contribution is 0.0350. The molecule has 0 radical (unpaired) electrons. The van der Waals surface area contributed by atoms with E-state index in [2.05, 4.69) is 46.3 Å². The van der Waals surface area contributed by atoms with E-state index in [1.165, 1.54) is 17.3 Å². The van der Waals surface area contributed by atoms with E-state index in [0.717, 1.165) is 32.5 Å². The zero-order chi connectivity index (χ0) is 13.8. The smallest absolute Gasteiger partial charge is 0.0776 e. The summed E-state index contributed by atoms with van der Waals surface area (Å²) in [5, 5.41) is 9.12. The molecular weight excluding hydrogens is 250 g/mol. The van der Waals surface area contributed by atoms with Gasteiger partial charge in [-0.2, -0.15) is 5.10 Å². The quantitative estimate of drug-likeness (QED) is 0.822. The van der Waals surface area contributed by atoms with Crippen LogP contribution in [0.3, 0.4) is 0 Å². The summed E-state index contributed by atoms with van der Waals surface area (Å²) in [6, 6.07) is 8.34. The first-order valence-corrected chi connectivity index (χ1v) is 7.63. The van der Waals surface area contributed by atoms with Crippen molar-refractivity contribution >= 4 is 10.9 Å². The number of aromatic nitrogens is 2. The van der Waals surface area contributed by atoms with Crippen molar-refractivity contribution in [2.75, 3.05) is 13.1 Å². The van der Waals surface area contributed by atoms with Crippen LogP contribution in [0.25, 0.3) is 10.9 Å². The highest BCUT2D eigenvalue weighted by atomic mass is 16.5. The maximum Gasteiger partial charge on any atom is 0.0776 e. The molecule has 2 atom stereocenters. The van der Waals surface area contributed by atoms with E-state index in [0.29, 0.717) is 12.2 Å². The van der Waals surface area contributed by atoms with Gasteiger partial charge in [0.05, 0.1) is 30.5 Å². The van der Waals surface area contributed by atoms with Crippen molar-refractivity contribution in [3.8, 4) is 0 Å². The number of fused-ring (bicyclic) bond motifs is 1. The third-order valence-corrected chi connectivity index (χ3v) is 3.92. The number of para-hydroxylation sites is 1. The minimum Gasteiger partial charge on any atom is -0.372 e. The summed E-state index contributed by atoms with van der Waals surface area (Å²) in [5.41, 5.74) is 1.20. The van der Waals surface area contributed by atoms with Crippen LogP contribution in [0.15, 0.2) is 30.5 Å². The van der Waals surface area contributed by atoms with Crippen LogP contribution in [0.1, 0.15) is 26.2 Å². The summed E-state index contributed by atoms with van der Waals surface area (Å²) in [5.74, 6) is 0. The highest BCUT2D eigenvalue weighted by Crippen LogP contribution is 2.22. The number of hydrogen-bond acceptors (Lipinski definition) is 3. The monoisotopic (exact) mass is 273 g/mol. The molecule has 1 aliphatic rings. The molecule has 20 heavy (non-hydrogen) atoms. The van der Waals surface area contributed by atoms with Gasteiger partial charge in [-0.1, -0.05) is 25.1 Å². The first-order valence-electron chi connectivity index (χ1n) is 7.63. The van der Waals surface area contributed by atoms with Crippen molar-refractivity contribution in [1.82, 2.24) is 15.1 Å². The summed E-state index contributed by atoms with van der Waals surface area (Å²) >= 11 is 0. The van der Waals surface area contributed by atoms with Gasteiger partial charge in [0.25, 0.3) is 0 Å². The molecule has 2 unspecified atom stereocenters. The van der Waals surface area contributed by atoms with Gasteiger partial charge in [0, 0.05) is 11.9 Å². The molecule has 108 valence electrons. The summed E-state index contributed by atoms with van der Waals surface area (Å²) in [6.45, 7) is 5.10. The van der Waals surface area contributed by atoms with Gasteiger partial charge < -0.3 is 10.1 Å². The van der Waals surface area contributed by atoms with Crippen molar-refractivity contribution in [2.45, 2.75) is 44.9 Å². The largest absolute Gasteiger partial charge is 0.372 e. The Bertz CT molecular complexity index is 551. The van der Waals surface area contributed by atoms with Crippen molar-refractivity contribution in [3.05, 3.63) is 30.5 Å². The van der Waals surface area contributed by atoms with Crippen LogP contribution in [0.2, 0.25) is 0 Å². The Labute approximate surface area is 120 Å². The second kappa shape index (κ2) is 6.37. The van der Waals surface area contributed by atoms with Gasteiger partial charge in [-0.05, 0) is 31.9 Å². The normalized spacial score (nSPS) is 22.6. The minimum atomic E-state index is 0.298. The Morgan fingerprint density at radius 2 is 2.15 bits per heavy atom. The van der Waals surface area contributed by atoms with E-state index in [1.54, 1.807) is 0 Å². The molecule has 1 aromatic carbocycles. The molecule has 1 N–H and O–H groups in total. The van der Waals surface area contributed by atoms with Crippen LogP contribution in [-0.4, -0.2) is 35.1 Å². The molecule has 0 spiro atoms. The van der Waals surface area contributed by atoms with Crippen LogP contribution in [0.5, 0.6) is 0 Å². The lowest BCUT2D eigenvalue weighted by atomic mass is 10.2. The molecule has 0 aliphatic carbocycles. The fourth-order valence-electron chi connectivity index (χ4n) is 2.87. The molecule has 4 heteroatoms. The molecule has 1 fully saturated rings. The van der Waals surface area contributed by atoms with Gasteiger partial charge in [0.15, 0.2) is 0 Å². The van der Waals surface area contributed by atoms with Gasteiger partial charge in [-0.15, -0.1) is 0 Å². The molecule has 4 nitrogen and oxygen atoms in total. The van der Waals surface area contributed by atoms with Crippen molar-refractivity contribution < 1.29 is 4.74 Å².